The van der Waals surface area contributed by atoms with Crippen LogP contribution in [-0.2, 0) is 4.79 Å². The molecule has 7 nitrogen and oxygen atoms in total. The Balaban J connectivity index is 1.92. The Morgan fingerprint density at radius 2 is 1.96 bits per heavy atom. The molecule has 0 unspecified atom stereocenters. The van der Waals surface area contributed by atoms with Gasteiger partial charge in [0.15, 0.2) is 6.61 Å². The van der Waals surface area contributed by atoms with Crippen LogP contribution < -0.4 is 10.2 Å². The minimum atomic E-state index is -0.538. The van der Waals surface area contributed by atoms with Gasteiger partial charge in [0.05, 0.1) is 11.1 Å². The number of carbonyl (C=O) groups is 1. The van der Waals surface area contributed by atoms with Crippen LogP contribution in [0.4, 0.5) is 5.69 Å². The number of non-ortho nitro benzene ring substituents is 1. The number of ether oxygens (including phenoxy) is 1. The van der Waals surface area contributed by atoms with Gasteiger partial charge in [0.2, 0.25) is 0 Å². The molecule has 1 N–H and O–H groups in total. The van der Waals surface area contributed by atoms with E-state index in [1.165, 1.54) is 24.4 Å². The maximum absolute atomic E-state index is 11.7. The largest absolute Gasteiger partial charge is 0.484 e. The first-order chi connectivity index (χ1) is 11.8. The second-order valence-electron chi connectivity index (χ2n) is 5.37. The van der Waals surface area contributed by atoms with Crippen LogP contribution in [0.25, 0.3) is 0 Å². The minimum Gasteiger partial charge on any atom is -0.484 e. The van der Waals surface area contributed by atoms with E-state index in [9.17, 15) is 14.9 Å². The lowest BCUT2D eigenvalue weighted by Crippen LogP contribution is -2.24. The number of nitro groups is 1. The fourth-order valence-corrected chi connectivity index (χ4v) is 2.28. The topological polar surface area (TPSA) is 93.8 Å². The molecule has 0 aliphatic rings. The minimum absolute atomic E-state index is 0.115. The molecular weight excluding hydrogens is 346 g/mol. The number of nitrogens with zero attached hydrogens (tertiary/aromatic N) is 2. The standard InChI is InChI=1S/C17H16ClN3O4/c1-11-5-12(2)7-15(6-11)25-10-17(22)20-19-9-13-8-14(21(23)24)3-4-16(13)18/h3-9H,10H2,1-2H3,(H,20,22)/b19-9+. The van der Waals surface area contributed by atoms with Gasteiger partial charge in [0.25, 0.3) is 11.6 Å². The molecule has 130 valence electrons. The smallest absolute Gasteiger partial charge is 0.277 e. The highest BCUT2D eigenvalue weighted by atomic mass is 35.5. The van der Waals surface area contributed by atoms with E-state index in [1.54, 1.807) is 0 Å². The maximum atomic E-state index is 11.7. The molecule has 0 atom stereocenters. The molecule has 0 saturated heterocycles. The summed E-state index contributed by atoms with van der Waals surface area (Å²) in [5.41, 5.74) is 4.57. The van der Waals surface area contributed by atoms with E-state index in [4.69, 9.17) is 16.3 Å². The normalized spacial score (nSPS) is 10.7. The van der Waals surface area contributed by atoms with Crippen molar-refractivity contribution in [3.8, 4) is 5.75 Å². The van der Waals surface area contributed by atoms with Gasteiger partial charge in [0, 0.05) is 22.7 Å². The van der Waals surface area contributed by atoms with Crippen molar-refractivity contribution in [2.24, 2.45) is 5.10 Å². The Morgan fingerprint density at radius 1 is 1.28 bits per heavy atom. The molecule has 2 rings (SSSR count). The highest BCUT2D eigenvalue weighted by molar-refractivity contribution is 6.33. The predicted octanol–water partition coefficient (Wildman–Crippen LogP) is 3.39. The number of halogens is 1. The van der Waals surface area contributed by atoms with E-state index in [0.717, 1.165) is 11.1 Å². The van der Waals surface area contributed by atoms with Crippen molar-refractivity contribution < 1.29 is 14.5 Å². The van der Waals surface area contributed by atoms with E-state index in [-0.39, 0.29) is 17.3 Å². The number of aryl methyl sites for hydroxylation is 2. The molecule has 25 heavy (non-hydrogen) atoms. The Bertz CT molecular complexity index is 816. The lowest BCUT2D eigenvalue weighted by atomic mass is 10.1. The molecule has 0 saturated carbocycles. The number of nitrogens with one attached hydrogen (secondary N) is 1. The number of amides is 1. The van der Waals surface area contributed by atoms with Gasteiger partial charge in [-0.2, -0.15) is 5.10 Å². The van der Waals surface area contributed by atoms with Gasteiger partial charge in [0.1, 0.15) is 5.75 Å². The SMILES string of the molecule is Cc1cc(C)cc(OCC(=O)N/N=C/c2cc([N+](=O)[O-])ccc2Cl)c1. The van der Waals surface area contributed by atoms with Crippen LogP contribution in [0.3, 0.4) is 0 Å². The molecule has 8 heteroatoms. The third kappa shape index (κ3) is 5.58. The van der Waals surface area contributed by atoms with E-state index in [2.05, 4.69) is 10.5 Å². The first-order valence-electron chi connectivity index (χ1n) is 7.32. The first kappa shape index (κ1) is 18.4. The van der Waals surface area contributed by atoms with Gasteiger partial charge in [-0.15, -0.1) is 0 Å². The molecule has 0 aliphatic heterocycles. The van der Waals surface area contributed by atoms with Crippen LogP contribution in [0.5, 0.6) is 5.75 Å². The van der Waals surface area contributed by atoms with Gasteiger partial charge in [-0.05, 0) is 43.2 Å². The number of nitro benzene ring substituents is 1. The van der Waals surface area contributed by atoms with Crippen molar-refractivity contribution in [2.75, 3.05) is 6.61 Å². The molecule has 2 aromatic carbocycles. The van der Waals surface area contributed by atoms with Gasteiger partial charge in [-0.25, -0.2) is 5.43 Å². The molecule has 0 aliphatic carbocycles. The Morgan fingerprint density at radius 3 is 2.60 bits per heavy atom. The van der Waals surface area contributed by atoms with E-state index >= 15 is 0 Å². The highest BCUT2D eigenvalue weighted by Gasteiger charge is 2.08. The van der Waals surface area contributed by atoms with E-state index in [0.29, 0.717) is 11.3 Å². The lowest BCUT2D eigenvalue weighted by Gasteiger charge is -2.07. The van der Waals surface area contributed by atoms with Crippen LogP contribution in [0.15, 0.2) is 41.5 Å². The summed E-state index contributed by atoms with van der Waals surface area (Å²) in [5, 5.41) is 14.8. The number of hydrazone groups is 1. The van der Waals surface area contributed by atoms with Crippen molar-refractivity contribution in [2.45, 2.75) is 13.8 Å². The second kappa shape index (κ2) is 8.25. The van der Waals surface area contributed by atoms with E-state index in [1.807, 2.05) is 32.0 Å². The predicted molar refractivity (Wildman–Crippen MR) is 95.3 cm³/mol. The summed E-state index contributed by atoms with van der Waals surface area (Å²) in [6, 6.07) is 9.60. The lowest BCUT2D eigenvalue weighted by molar-refractivity contribution is -0.384. The van der Waals surface area contributed by atoms with E-state index < -0.39 is 10.8 Å². The van der Waals surface area contributed by atoms with Crippen molar-refractivity contribution in [1.29, 1.82) is 0 Å². The van der Waals surface area contributed by atoms with Crippen molar-refractivity contribution in [3.63, 3.8) is 0 Å². The summed E-state index contributed by atoms with van der Waals surface area (Å²) in [6.07, 6.45) is 1.24. The maximum Gasteiger partial charge on any atom is 0.277 e. The average Bonchev–Trinajstić information content (AvgIpc) is 2.53. The zero-order chi connectivity index (χ0) is 18.4. The summed E-state index contributed by atoms with van der Waals surface area (Å²) in [4.78, 5) is 22.0. The number of hydrogen-bond donors (Lipinski definition) is 1. The van der Waals surface area contributed by atoms with Gasteiger partial charge >= 0.3 is 0 Å². The van der Waals surface area contributed by atoms with Gasteiger partial charge < -0.3 is 4.74 Å². The summed E-state index contributed by atoms with van der Waals surface area (Å²) in [7, 11) is 0. The highest BCUT2D eigenvalue weighted by Crippen LogP contribution is 2.20. The molecule has 0 heterocycles. The number of carbonyl (C=O) groups excluding carboxylic acids is 1. The number of hydrogen-bond acceptors (Lipinski definition) is 5. The summed E-state index contributed by atoms with van der Waals surface area (Å²) in [6.45, 7) is 3.67. The summed E-state index contributed by atoms with van der Waals surface area (Å²) in [5.74, 6) is 0.135. The zero-order valence-electron chi connectivity index (χ0n) is 13.7. The van der Waals surface area contributed by atoms with Crippen LogP contribution in [-0.4, -0.2) is 23.7 Å². The molecule has 2 aromatic rings. The van der Waals surface area contributed by atoms with Gasteiger partial charge in [-0.3, -0.25) is 14.9 Å². The monoisotopic (exact) mass is 361 g/mol. The van der Waals surface area contributed by atoms with Crippen LogP contribution in [0, 0.1) is 24.0 Å². The Labute approximate surface area is 149 Å². The molecule has 0 radical (unpaired) electrons. The number of rotatable bonds is 6. The van der Waals surface area contributed by atoms with Crippen LogP contribution in [0.1, 0.15) is 16.7 Å². The molecule has 0 fully saturated rings. The average molecular weight is 362 g/mol. The van der Waals surface area contributed by atoms with Crippen LogP contribution in [0.2, 0.25) is 5.02 Å². The van der Waals surface area contributed by atoms with Gasteiger partial charge in [-0.1, -0.05) is 17.7 Å². The van der Waals surface area contributed by atoms with Crippen molar-refractivity contribution >= 4 is 29.4 Å². The van der Waals surface area contributed by atoms with Crippen molar-refractivity contribution in [1.82, 2.24) is 5.43 Å². The Kier molecular flexibility index (Phi) is 6.08. The Hall–Kier alpha value is -2.93. The van der Waals surface area contributed by atoms with Crippen LogP contribution >= 0.6 is 11.6 Å². The molecular formula is C17H16ClN3O4. The zero-order valence-corrected chi connectivity index (χ0v) is 14.4. The third-order valence-electron chi connectivity index (χ3n) is 3.15. The molecule has 0 spiro atoms. The molecule has 1 amide bonds. The quantitative estimate of drug-likeness (QED) is 0.484. The molecule has 0 bridgehead atoms. The fraction of sp³-hybridized carbons (Fsp3) is 0.176. The third-order valence-corrected chi connectivity index (χ3v) is 3.49. The number of benzene rings is 2. The van der Waals surface area contributed by atoms with Crippen molar-refractivity contribution in [3.05, 3.63) is 68.2 Å². The summed E-state index contributed by atoms with van der Waals surface area (Å²) >= 11 is 5.94. The first-order valence-corrected chi connectivity index (χ1v) is 7.70. The second-order valence-corrected chi connectivity index (χ2v) is 5.78. The summed E-state index contributed by atoms with van der Waals surface area (Å²) < 4.78 is 5.41. The fourth-order valence-electron chi connectivity index (χ4n) is 2.11. The molecule has 0 aromatic heterocycles.